The van der Waals surface area contributed by atoms with Crippen LogP contribution >= 0.6 is 0 Å². The monoisotopic (exact) mass is 350 g/mol. The molecule has 2 aliphatic heterocycles. The first kappa shape index (κ1) is 18.4. The van der Waals surface area contributed by atoms with Gasteiger partial charge in [-0.05, 0) is 32.8 Å². The van der Waals surface area contributed by atoms with Crippen LogP contribution in [0.4, 0.5) is 0 Å². The molecule has 0 atom stereocenters. The Balaban J connectivity index is 1.66. The molecule has 1 aromatic heterocycles. The van der Waals surface area contributed by atoms with E-state index in [0.29, 0.717) is 12.2 Å². The minimum absolute atomic E-state index is 0.0501. The molecule has 3 rings (SSSR count). The number of hydrogen-bond acceptors (Lipinski definition) is 5. The van der Waals surface area contributed by atoms with E-state index in [4.69, 9.17) is 9.47 Å². The van der Waals surface area contributed by atoms with Crippen molar-refractivity contribution >= 4 is 5.91 Å². The van der Waals surface area contributed by atoms with E-state index in [-0.39, 0.29) is 11.4 Å². The molecule has 0 aromatic carbocycles. The Morgan fingerprint density at radius 2 is 2.12 bits per heavy atom. The molecular formula is C18H30N4O3. The van der Waals surface area contributed by atoms with Gasteiger partial charge < -0.3 is 14.4 Å². The molecule has 3 heterocycles. The minimum Gasteiger partial charge on any atom is -0.383 e. The summed E-state index contributed by atoms with van der Waals surface area (Å²) in [5.74, 6) is 0.0949. The number of amides is 1. The maximum atomic E-state index is 12.9. The molecule has 0 unspecified atom stereocenters. The number of nitrogens with zero attached hydrogens (tertiary/aromatic N) is 4. The first-order valence-electron chi connectivity index (χ1n) is 9.25. The standard InChI is InChI=1S/C18H30N4O3/c1-4-22-16(13-15(2)19-22)17(23)20-7-5-18(6-8-20)14-25-12-10-21(18)9-11-24-3/h13H,4-12,14H2,1-3H3. The number of aryl methyl sites for hydroxylation is 2. The lowest BCUT2D eigenvalue weighted by Crippen LogP contribution is -2.62. The Kier molecular flexibility index (Phi) is 5.76. The van der Waals surface area contributed by atoms with E-state index in [2.05, 4.69) is 10.00 Å². The van der Waals surface area contributed by atoms with Gasteiger partial charge in [-0.3, -0.25) is 14.4 Å². The van der Waals surface area contributed by atoms with Crippen molar-refractivity contribution in [3.63, 3.8) is 0 Å². The quantitative estimate of drug-likeness (QED) is 0.798. The van der Waals surface area contributed by atoms with Gasteiger partial charge in [0.2, 0.25) is 0 Å². The van der Waals surface area contributed by atoms with Crippen molar-refractivity contribution in [3.05, 3.63) is 17.5 Å². The zero-order valence-electron chi connectivity index (χ0n) is 15.7. The van der Waals surface area contributed by atoms with E-state index < -0.39 is 0 Å². The maximum Gasteiger partial charge on any atom is 0.272 e. The van der Waals surface area contributed by atoms with Crippen LogP contribution in [0.5, 0.6) is 0 Å². The number of rotatable bonds is 5. The van der Waals surface area contributed by atoms with E-state index in [1.807, 2.05) is 24.8 Å². The van der Waals surface area contributed by atoms with Gasteiger partial charge in [0.25, 0.3) is 5.91 Å². The van der Waals surface area contributed by atoms with Crippen molar-refractivity contribution in [1.82, 2.24) is 19.6 Å². The molecule has 0 bridgehead atoms. The van der Waals surface area contributed by atoms with E-state index in [1.54, 1.807) is 11.8 Å². The fourth-order valence-corrected chi connectivity index (χ4v) is 4.02. The highest BCUT2D eigenvalue weighted by atomic mass is 16.5. The molecule has 0 saturated carbocycles. The first-order valence-corrected chi connectivity index (χ1v) is 9.25. The lowest BCUT2D eigenvalue weighted by Gasteiger charge is -2.51. The number of likely N-dealkylation sites (tertiary alicyclic amines) is 1. The number of hydrogen-bond donors (Lipinski definition) is 0. The summed E-state index contributed by atoms with van der Waals surface area (Å²) in [5, 5.41) is 4.40. The second-order valence-corrected chi connectivity index (χ2v) is 7.04. The average molecular weight is 350 g/mol. The van der Waals surface area contributed by atoms with Crippen LogP contribution < -0.4 is 0 Å². The molecule has 2 saturated heterocycles. The van der Waals surface area contributed by atoms with Gasteiger partial charge in [-0.2, -0.15) is 5.10 Å². The van der Waals surface area contributed by atoms with Gasteiger partial charge in [0.15, 0.2) is 0 Å². The molecule has 2 fully saturated rings. The highest BCUT2D eigenvalue weighted by molar-refractivity contribution is 5.92. The normalized spacial score (nSPS) is 21.0. The lowest BCUT2D eigenvalue weighted by molar-refractivity contribution is -0.0969. The molecule has 1 spiro atoms. The van der Waals surface area contributed by atoms with Gasteiger partial charge in [-0.25, -0.2) is 0 Å². The number of ether oxygens (including phenoxy) is 2. The van der Waals surface area contributed by atoms with E-state index in [1.165, 1.54) is 0 Å². The summed E-state index contributed by atoms with van der Waals surface area (Å²) in [5.41, 5.74) is 1.64. The van der Waals surface area contributed by atoms with E-state index in [9.17, 15) is 4.79 Å². The molecule has 0 aliphatic carbocycles. The number of carbonyl (C=O) groups is 1. The second-order valence-electron chi connectivity index (χ2n) is 7.04. The van der Waals surface area contributed by atoms with E-state index in [0.717, 1.165) is 64.5 Å². The highest BCUT2D eigenvalue weighted by Gasteiger charge is 2.43. The summed E-state index contributed by atoms with van der Waals surface area (Å²) in [4.78, 5) is 17.4. The predicted octanol–water partition coefficient (Wildman–Crippen LogP) is 1.16. The SMILES string of the molecule is CCn1nc(C)cc1C(=O)N1CCC2(CC1)COCCN2CCOC. The Morgan fingerprint density at radius 3 is 2.80 bits per heavy atom. The third kappa shape index (κ3) is 3.73. The number of piperidine rings is 1. The van der Waals surface area contributed by atoms with Crippen molar-refractivity contribution in [3.8, 4) is 0 Å². The molecule has 2 aliphatic rings. The maximum absolute atomic E-state index is 12.9. The third-order valence-corrected chi connectivity index (χ3v) is 5.51. The summed E-state index contributed by atoms with van der Waals surface area (Å²) in [7, 11) is 1.74. The zero-order valence-corrected chi connectivity index (χ0v) is 15.7. The first-order chi connectivity index (χ1) is 12.1. The minimum atomic E-state index is 0.0501. The molecule has 1 amide bonds. The Labute approximate surface area is 149 Å². The van der Waals surface area contributed by atoms with Crippen LogP contribution in [0.1, 0.15) is 35.9 Å². The molecular weight excluding hydrogens is 320 g/mol. The highest BCUT2D eigenvalue weighted by Crippen LogP contribution is 2.32. The van der Waals surface area contributed by atoms with Crippen LogP contribution in [-0.2, 0) is 16.0 Å². The number of methoxy groups -OCH3 is 1. The van der Waals surface area contributed by atoms with Crippen LogP contribution in [0.3, 0.4) is 0 Å². The number of morpholine rings is 1. The fourth-order valence-electron chi connectivity index (χ4n) is 4.02. The largest absolute Gasteiger partial charge is 0.383 e. The molecule has 0 radical (unpaired) electrons. The third-order valence-electron chi connectivity index (χ3n) is 5.51. The average Bonchev–Trinajstić information content (AvgIpc) is 3.02. The van der Waals surface area contributed by atoms with Crippen LogP contribution in [-0.4, -0.2) is 84.1 Å². The topological polar surface area (TPSA) is 59.8 Å². The summed E-state index contributed by atoms with van der Waals surface area (Å²) in [6.07, 6.45) is 1.89. The van der Waals surface area contributed by atoms with Crippen LogP contribution in [0.25, 0.3) is 0 Å². The van der Waals surface area contributed by atoms with Crippen molar-refractivity contribution in [2.75, 3.05) is 53.1 Å². The Hall–Kier alpha value is -1.44. The Morgan fingerprint density at radius 1 is 1.36 bits per heavy atom. The fraction of sp³-hybridized carbons (Fsp3) is 0.778. The van der Waals surface area contributed by atoms with Crippen molar-refractivity contribution in [2.24, 2.45) is 0 Å². The van der Waals surface area contributed by atoms with Gasteiger partial charge in [0, 0.05) is 45.4 Å². The van der Waals surface area contributed by atoms with E-state index >= 15 is 0 Å². The number of aromatic nitrogens is 2. The van der Waals surface area contributed by atoms with Gasteiger partial charge in [-0.15, -0.1) is 0 Å². The van der Waals surface area contributed by atoms with Crippen LogP contribution in [0, 0.1) is 6.92 Å². The summed E-state index contributed by atoms with van der Waals surface area (Å²) < 4.78 is 12.9. The van der Waals surface area contributed by atoms with Gasteiger partial charge in [0.05, 0.1) is 25.5 Å². The van der Waals surface area contributed by atoms with Gasteiger partial charge in [-0.1, -0.05) is 0 Å². The molecule has 7 nitrogen and oxygen atoms in total. The predicted molar refractivity (Wildman–Crippen MR) is 94.8 cm³/mol. The smallest absolute Gasteiger partial charge is 0.272 e. The summed E-state index contributed by atoms with van der Waals surface area (Å²) in [6.45, 7) is 10.3. The summed E-state index contributed by atoms with van der Waals surface area (Å²) in [6, 6.07) is 1.89. The molecule has 7 heteroatoms. The molecule has 25 heavy (non-hydrogen) atoms. The molecule has 0 N–H and O–H groups in total. The molecule has 1 aromatic rings. The summed E-state index contributed by atoms with van der Waals surface area (Å²) >= 11 is 0. The Bertz CT molecular complexity index is 593. The van der Waals surface area contributed by atoms with Crippen molar-refractivity contribution in [2.45, 2.75) is 38.8 Å². The zero-order chi connectivity index (χ0) is 17.9. The van der Waals surface area contributed by atoms with Crippen LogP contribution in [0.2, 0.25) is 0 Å². The molecule has 140 valence electrons. The van der Waals surface area contributed by atoms with Gasteiger partial charge >= 0.3 is 0 Å². The lowest BCUT2D eigenvalue weighted by atomic mass is 9.85. The second kappa shape index (κ2) is 7.85. The van der Waals surface area contributed by atoms with Crippen molar-refractivity contribution in [1.29, 1.82) is 0 Å². The number of carbonyl (C=O) groups excluding carboxylic acids is 1. The van der Waals surface area contributed by atoms with Crippen LogP contribution in [0.15, 0.2) is 6.07 Å². The van der Waals surface area contributed by atoms with Gasteiger partial charge in [0.1, 0.15) is 5.69 Å². The van der Waals surface area contributed by atoms with Crippen molar-refractivity contribution < 1.29 is 14.3 Å².